The van der Waals surface area contributed by atoms with Crippen LogP contribution < -0.4 is 0 Å². The Balaban J connectivity index is 1.07. The lowest BCUT2D eigenvalue weighted by molar-refractivity contribution is -0.0142. The third-order valence-corrected chi connectivity index (χ3v) is 70.5. The molecular weight excluding hydrogens is 1360 g/mol. The third kappa shape index (κ3) is 18.6. The highest BCUT2D eigenvalue weighted by atomic mass is 28.6. The zero-order valence-electron chi connectivity index (χ0n) is 59.8. The van der Waals surface area contributed by atoms with Crippen molar-refractivity contribution in [2.45, 2.75) is 365 Å². The molecule has 0 aromatic rings. The number of epoxide rings is 2. The molecule has 8 aliphatic carbocycles. The lowest BCUT2D eigenvalue weighted by Gasteiger charge is -2.64. The van der Waals surface area contributed by atoms with E-state index in [1.165, 1.54) is 57.8 Å². The second-order valence-electron chi connectivity index (χ2n) is 34.0. The maximum atomic E-state index is 9.29. The van der Waals surface area contributed by atoms with Gasteiger partial charge in [0.2, 0.25) is 0 Å². The monoisotopic (exact) mass is 1490 g/mol. The largest absolute Gasteiger partial charge is 0.482 e. The fourth-order valence-corrected chi connectivity index (χ4v) is 79.5. The minimum absolute atomic E-state index is 0.00491. The summed E-state index contributed by atoms with van der Waals surface area (Å²) >= 11 is 0. The molecule has 5 heterocycles. The van der Waals surface area contributed by atoms with Gasteiger partial charge in [0.05, 0.1) is 26.4 Å². The maximum Gasteiger partial charge on any atom is 0.482 e. The normalized spacial score (nSPS) is 38.0. The van der Waals surface area contributed by atoms with E-state index in [-0.39, 0.29) is 51.0 Å². The summed E-state index contributed by atoms with van der Waals surface area (Å²) in [5.74, 6) is 0.720. The Bertz CT molecular complexity index is 2080. The van der Waals surface area contributed by atoms with Crippen LogP contribution in [0, 0.1) is 5.92 Å². The van der Waals surface area contributed by atoms with Crippen molar-refractivity contribution in [3.8, 4) is 0 Å². The lowest BCUT2D eigenvalue weighted by Crippen LogP contribution is -2.86. The lowest BCUT2D eigenvalue weighted by atomic mass is 10.0. The molecule has 8 saturated carbocycles. The topological polar surface area (TPSA) is 164 Å². The Labute approximate surface area is 579 Å². The number of rotatable bonds is 31. The standard InChI is InChI=1S/C67H130O17Si10/c1-85(2,50-28-47-68-53-58-45-46-58)73-88(61-31-14-7-15-32-61)76-91(64-37-20-10-21-38-64)78-89(62-33-16-8-17-34-62,74-86(3,4)51-29-48-69-54-59-56-71-59)80-93(66-41-24-12-25-42-66)81-90(63-35-18-9-19-36-63,75-87(5,6)52-30-49-70-55-60-57-72-60)79-92(77-88,65-39-22-11-23-40-65)83-94(82-91,84-93)67-43-26-13-27-44-67/h58-67H,7-57H2,1-6H3. The summed E-state index contributed by atoms with van der Waals surface area (Å²) < 4.78 is 140. The van der Waals surface area contributed by atoms with Gasteiger partial charge in [-0.1, -0.05) is 135 Å². The van der Waals surface area contributed by atoms with Crippen LogP contribution in [0.3, 0.4) is 0 Å². The first-order valence-corrected chi connectivity index (χ1v) is 61.8. The molecule has 0 amide bonds. The van der Waals surface area contributed by atoms with Gasteiger partial charge in [-0.3, -0.25) is 0 Å². The maximum absolute atomic E-state index is 9.29. The van der Waals surface area contributed by atoms with Crippen LogP contribution >= 0.6 is 0 Å². The van der Waals surface area contributed by atoms with Crippen molar-refractivity contribution < 1.29 is 73.1 Å². The van der Waals surface area contributed by atoms with Crippen molar-refractivity contribution >= 4 is 86.6 Å². The molecule has 0 aromatic carbocycles. The average Bonchev–Trinajstić information content (AvgIpc) is 1.04. The highest BCUT2D eigenvalue weighted by Gasteiger charge is 2.84. The molecule has 5 aliphatic heterocycles. The highest BCUT2D eigenvalue weighted by molar-refractivity contribution is 7.02. The Hall–Kier alpha value is 1.49. The van der Waals surface area contributed by atoms with E-state index in [9.17, 15) is 37.0 Å². The van der Waals surface area contributed by atoms with Gasteiger partial charge < -0.3 is 73.1 Å². The molecule has 94 heavy (non-hydrogen) atoms. The molecule has 0 aromatic heterocycles. The average molecular weight is 1490 g/mol. The molecule has 13 aliphatic rings. The van der Waals surface area contributed by atoms with E-state index in [1.807, 2.05) is 0 Å². The van der Waals surface area contributed by atoms with Crippen molar-refractivity contribution in [2.75, 3.05) is 52.9 Å². The van der Waals surface area contributed by atoms with Gasteiger partial charge in [0.25, 0.3) is 0 Å². The van der Waals surface area contributed by atoms with Gasteiger partial charge in [-0.25, -0.2) is 0 Å². The van der Waals surface area contributed by atoms with Gasteiger partial charge in [-0.2, -0.15) is 0 Å². The van der Waals surface area contributed by atoms with Crippen LogP contribution in [0.4, 0.5) is 0 Å². The SMILES string of the molecule is C[Si](C)(CCCOCC1CC1)O[Si]1(C2CCCCC2)O[Si]2(C3CCCCC3)O[Si](O[Si](C)(C)CCCOCC3CO3)(C3CCCCC3)O[Si]3(C4CCCCC4)O[Si](O[Si](C)(C)CCCOCC4CO4)(C4CCCCC4)O[Si](C4CCCCC4)(O1)O[Si](C1CCCCC1)(O2)O3. The number of hydrogen-bond donors (Lipinski definition) is 0. The van der Waals surface area contributed by atoms with E-state index in [0.29, 0.717) is 26.4 Å². The highest BCUT2D eigenvalue weighted by Crippen LogP contribution is 2.63. The van der Waals surface area contributed by atoms with Crippen molar-refractivity contribution in [3.05, 3.63) is 0 Å². The predicted molar refractivity (Wildman–Crippen MR) is 387 cm³/mol. The molecule has 13 rings (SSSR count). The van der Waals surface area contributed by atoms with Crippen LogP contribution in [0.15, 0.2) is 0 Å². The second kappa shape index (κ2) is 32.5. The molecule has 6 atom stereocenters. The van der Waals surface area contributed by atoms with E-state index in [1.54, 1.807) is 0 Å². The summed E-state index contributed by atoms with van der Waals surface area (Å²) in [5.41, 5.74) is -0.189. The molecule has 27 heteroatoms. The van der Waals surface area contributed by atoms with Crippen LogP contribution in [-0.2, 0) is 73.1 Å². The van der Waals surface area contributed by atoms with Crippen molar-refractivity contribution in [1.29, 1.82) is 0 Å². The van der Waals surface area contributed by atoms with E-state index in [0.717, 1.165) is 250 Å². The van der Waals surface area contributed by atoms with Crippen molar-refractivity contribution in [1.82, 2.24) is 0 Å². The Morgan fingerprint density at radius 3 is 0.734 bits per heavy atom. The Kier molecular flexibility index (Phi) is 25.5. The van der Waals surface area contributed by atoms with Gasteiger partial charge in [0, 0.05) is 65.2 Å². The van der Waals surface area contributed by atoms with Crippen LogP contribution in [-0.4, -0.2) is 152 Å². The summed E-state index contributed by atoms with van der Waals surface area (Å²) in [5, 5.41) is 0. The molecule has 0 N–H and O–H groups in total. The smallest absolute Gasteiger partial charge is 0.416 e. The summed E-state index contributed by atoms with van der Waals surface area (Å²) in [6.07, 6.45) is 42.6. The van der Waals surface area contributed by atoms with Gasteiger partial charge >= 0.3 is 61.6 Å². The first-order chi connectivity index (χ1) is 45.5. The summed E-state index contributed by atoms with van der Waals surface area (Å²) in [6, 6.07) is 2.72. The fourth-order valence-electron chi connectivity index (χ4n) is 18.6. The van der Waals surface area contributed by atoms with Gasteiger partial charge in [0.1, 0.15) is 12.2 Å². The number of ether oxygens (including phenoxy) is 5. The minimum Gasteiger partial charge on any atom is -0.416 e. The zero-order valence-corrected chi connectivity index (χ0v) is 69.8. The van der Waals surface area contributed by atoms with E-state index in [2.05, 4.69) is 39.3 Å². The van der Waals surface area contributed by atoms with Gasteiger partial charge in [-0.15, -0.1) is 0 Å². The van der Waals surface area contributed by atoms with E-state index < -0.39 is 86.6 Å². The summed E-state index contributed by atoms with van der Waals surface area (Å²) in [6.45, 7) is 20.6. The predicted octanol–water partition coefficient (Wildman–Crippen LogP) is 18.2. The number of hydrogen-bond acceptors (Lipinski definition) is 17. The molecular formula is C67H130O17Si10. The third-order valence-electron chi connectivity index (χ3n) is 24.2. The van der Waals surface area contributed by atoms with Crippen molar-refractivity contribution in [3.63, 3.8) is 0 Å². The Morgan fingerprint density at radius 2 is 0.500 bits per heavy atom. The van der Waals surface area contributed by atoms with Crippen LogP contribution in [0.1, 0.15) is 257 Å². The molecule has 4 bridgehead atoms. The van der Waals surface area contributed by atoms with Gasteiger partial charge in [0.15, 0.2) is 25.0 Å². The molecule has 0 spiro atoms. The quantitative estimate of drug-likeness (QED) is 0.0365. The molecule has 13 fully saturated rings. The summed E-state index contributed by atoms with van der Waals surface area (Å²) in [4.78, 5) is 0. The first kappa shape index (κ1) is 73.8. The van der Waals surface area contributed by atoms with E-state index >= 15 is 0 Å². The molecule has 5 saturated heterocycles. The molecule has 0 radical (unpaired) electrons. The zero-order chi connectivity index (χ0) is 64.9. The van der Waals surface area contributed by atoms with Crippen LogP contribution in [0.25, 0.3) is 0 Å². The molecule has 17 nitrogen and oxygen atoms in total. The first-order valence-electron chi connectivity index (χ1n) is 39.8. The summed E-state index contributed by atoms with van der Waals surface area (Å²) in [7, 11) is -38.2. The van der Waals surface area contributed by atoms with Gasteiger partial charge in [-0.05, 0) is 185 Å². The van der Waals surface area contributed by atoms with Crippen LogP contribution in [0.2, 0.25) is 96.2 Å². The molecule has 540 valence electrons. The fraction of sp³-hybridized carbons (Fsp3) is 1.00. The number of fused-ring (bicyclic) bond motifs is 3. The second-order valence-corrected chi connectivity index (χ2v) is 70.0. The molecule has 6 unspecified atom stereocenters. The van der Waals surface area contributed by atoms with E-state index in [4.69, 9.17) is 36.0 Å². The minimum atomic E-state index is -4.32. The van der Waals surface area contributed by atoms with Crippen molar-refractivity contribution in [2.24, 2.45) is 5.92 Å². The van der Waals surface area contributed by atoms with Crippen LogP contribution in [0.5, 0.6) is 0 Å². The Morgan fingerprint density at radius 1 is 0.277 bits per heavy atom.